The van der Waals surface area contributed by atoms with Crippen LogP contribution in [0.25, 0.3) is 10.8 Å². The Morgan fingerprint density at radius 2 is 1.86 bits per heavy atom. The number of hydrogen-bond donors (Lipinski definition) is 0. The molecule has 21 heavy (non-hydrogen) atoms. The Balaban J connectivity index is 2.13. The molecule has 0 spiro atoms. The second kappa shape index (κ2) is 5.00. The Morgan fingerprint density at radius 3 is 2.52 bits per heavy atom. The van der Waals surface area contributed by atoms with Gasteiger partial charge in [-0.2, -0.15) is 0 Å². The van der Waals surface area contributed by atoms with Crippen LogP contribution in [-0.2, 0) is 14.6 Å². The molecule has 0 bridgehead atoms. The van der Waals surface area contributed by atoms with Crippen molar-refractivity contribution in [1.82, 2.24) is 0 Å². The number of carbonyl (C=O) groups is 1. The van der Waals surface area contributed by atoms with E-state index in [9.17, 15) is 13.2 Å². The lowest BCUT2D eigenvalue weighted by atomic mass is 10.1. The highest BCUT2D eigenvalue weighted by Crippen LogP contribution is 2.30. The van der Waals surface area contributed by atoms with Crippen LogP contribution < -0.4 is 4.90 Å². The lowest BCUT2D eigenvalue weighted by Crippen LogP contribution is -2.39. The minimum atomic E-state index is -3.21. The Bertz CT molecular complexity index is 834. The van der Waals surface area contributed by atoms with Crippen LogP contribution in [0.2, 0.25) is 0 Å². The molecule has 0 saturated heterocycles. The standard InChI is InChI=1S/C16H15NO3S/c1-12(18)17(14-9-10-21(19,20)11-14)16-8-4-6-13-5-2-3-7-15(13)16/h2-10,14H,11H2,1H3. The molecule has 2 aromatic rings. The summed E-state index contributed by atoms with van der Waals surface area (Å²) in [6.07, 6.45) is 1.58. The van der Waals surface area contributed by atoms with Crippen LogP contribution in [0.15, 0.2) is 53.9 Å². The van der Waals surface area contributed by atoms with E-state index >= 15 is 0 Å². The number of anilines is 1. The van der Waals surface area contributed by atoms with Gasteiger partial charge >= 0.3 is 0 Å². The predicted octanol–water partition coefficient (Wildman–Crippen LogP) is 2.50. The van der Waals surface area contributed by atoms with Crippen molar-refractivity contribution in [2.75, 3.05) is 10.7 Å². The molecule has 4 nitrogen and oxygen atoms in total. The summed E-state index contributed by atoms with van der Waals surface area (Å²) in [6, 6.07) is 13.0. The van der Waals surface area contributed by atoms with Gasteiger partial charge in [0.2, 0.25) is 5.91 Å². The number of amides is 1. The Labute approximate surface area is 123 Å². The van der Waals surface area contributed by atoms with Crippen molar-refractivity contribution >= 4 is 32.2 Å². The first-order chi connectivity index (χ1) is 9.98. The van der Waals surface area contributed by atoms with E-state index in [4.69, 9.17) is 0 Å². The van der Waals surface area contributed by atoms with Gasteiger partial charge in [0, 0.05) is 17.7 Å². The van der Waals surface area contributed by atoms with Gasteiger partial charge in [-0.25, -0.2) is 8.42 Å². The lowest BCUT2D eigenvalue weighted by molar-refractivity contribution is -0.116. The fourth-order valence-corrected chi connectivity index (χ4v) is 3.99. The van der Waals surface area contributed by atoms with Crippen LogP contribution in [0, 0.1) is 0 Å². The smallest absolute Gasteiger partial charge is 0.224 e. The van der Waals surface area contributed by atoms with E-state index in [0.29, 0.717) is 0 Å². The zero-order valence-corrected chi connectivity index (χ0v) is 12.4. The van der Waals surface area contributed by atoms with Crippen molar-refractivity contribution in [1.29, 1.82) is 0 Å². The molecule has 1 amide bonds. The maximum absolute atomic E-state index is 12.1. The quantitative estimate of drug-likeness (QED) is 0.856. The zero-order chi connectivity index (χ0) is 15.0. The highest BCUT2D eigenvalue weighted by Gasteiger charge is 2.30. The van der Waals surface area contributed by atoms with Crippen molar-refractivity contribution in [2.45, 2.75) is 13.0 Å². The predicted molar refractivity (Wildman–Crippen MR) is 83.8 cm³/mol. The third-order valence-electron chi connectivity index (χ3n) is 3.61. The molecular formula is C16H15NO3S. The molecule has 1 aliphatic heterocycles. The molecule has 1 unspecified atom stereocenters. The number of sulfone groups is 1. The number of benzene rings is 2. The highest BCUT2D eigenvalue weighted by atomic mass is 32.2. The number of hydrogen-bond acceptors (Lipinski definition) is 3. The first-order valence-corrected chi connectivity index (χ1v) is 8.38. The summed E-state index contributed by atoms with van der Waals surface area (Å²) in [5.74, 6) is -0.228. The summed E-state index contributed by atoms with van der Waals surface area (Å²) in [4.78, 5) is 13.6. The summed E-state index contributed by atoms with van der Waals surface area (Å²) in [7, 11) is -3.21. The van der Waals surface area contributed by atoms with Crippen LogP contribution in [0.3, 0.4) is 0 Å². The number of nitrogens with zero attached hydrogens (tertiary/aromatic N) is 1. The van der Waals surface area contributed by atoms with Crippen LogP contribution in [0.1, 0.15) is 6.92 Å². The number of fused-ring (bicyclic) bond motifs is 1. The first kappa shape index (κ1) is 13.8. The zero-order valence-electron chi connectivity index (χ0n) is 11.6. The number of carbonyl (C=O) groups excluding carboxylic acids is 1. The molecule has 0 radical (unpaired) electrons. The van der Waals surface area contributed by atoms with Gasteiger partial charge in [-0.3, -0.25) is 4.79 Å². The average molecular weight is 301 g/mol. The summed E-state index contributed by atoms with van der Waals surface area (Å²) in [5.41, 5.74) is 0.743. The van der Waals surface area contributed by atoms with Crippen LogP contribution >= 0.6 is 0 Å². The maximum Gasteiger partial charge on any atom is 0.224 e. The van der Waals surface area contributed by atoms with E-state index in [1.165, 1.54) is 12.3 Å². The second-order valence-corrected chi connectivity index (χ2v) is 7.04. The Kier molecular flexibility index (Phi) is 3.29. The molecule has 1 heterocycles. The molecular weight excluding hydrogens is 286 g/mol. The number of rotatable bonds is 2. The second-order valence-electron chi connectivity index (χ2n) is 5.11. The van der Waals surface area contributed by atoms with Crippen LogP contribution in [0.5, 0.6) is 0 Å². The first-order valence-electron chi connectivity index (χ1n) is 6.66. The van der Waals surface area contributed by atoms with Gasteiger partial charge in [-0.05, 0) is 17.5 Å². The van der Waals surface area contributed by atoms with Gasteiger partial charge in [0.15, 0.2) is 9.84 Å². The fraction of sp³-hybridized carbons (Fsp3) is 0.188. The van der Waals surface area contributed by atoms with Gasteiger partial charge in [0.1, 0.15) is 0 Å². The third kappa shape index (κ3) is 2.56. The minimum absolute atomic E-state index is 0.0597. The Hall–Kier alpha value is -2.14. The molecule has 3 rings (SSSR count). The molecule has 5 heteroatoms. The maximum atomic E-state index is 12.1. The SMILES string of the molecule is CC(=O)N(c1cccc2ccccc12)C1C=CS(=O)(=O)C1. The molecule has 1 aliphatic rings. The average Bonchev–Trinajstić information content (AvgIpc) is 2.79. The molecule has 0 fully saturated rings. The van der Waals surface area contributed by atoms with Gasteiger partial charge in [-0.15, -0.1) is 0 Å². The van der Waals surface area contributed by atoms with Gasteiger partial charge in [0.25, 0.3) is 0 Å². The van der Waals surface area contributed by atoms with E-state index in [0.717, 1.165) is 16.5 Å². The molecule has 2 aromatic carbocycles. The summed E-state index contributed by atoms with van der Waals surface area (Å²) < 4.78 is 23.3. The molecule has 0 N–H and O–H groups in total. The van der Waals surface area contributed by atoms with Gasteiger partial charge in [0.05, 0.1) is 17.5 Å². The van der Waals surface area contributed by atoms with Crippen LogP contribution in [0.4, 0.5) is 5.69 Å². The van der Waals surface area contributed by atoms with E-state index in [2.05, 4.69) is 0 Å². The molecule has 108 valence electrons. The van der Waals surface area contributed by atoms with E-state index in [-0.39, 0.29) is 11.7 Å². The van der Waals surface area contributed by atoms with E-state index in [1.807, 2.05) is 42.5 Å². The van der Waals surface area contributed by atoms with Crippen LogP contribution in [-0.4, -0.2) is 26.1 Å². The monoisotopic (exact) mass is 301 g/mol. The van der Waals surface area contributed by atoms with Crippen molar-refractivity contribution < 1.29 is 13.2 Å². The molecule has 0 aliphatic carbocycles. The van der Waals surface area contributed by atoms with Crippen molar-refractivity contribution in [3.8, 4) is 0 Å². The normalized spacial score (nSPS) is 19.8. The van der Waals surface area contributed by atoms with E-state index < -0.39 is 15.9 Å². The lowest BCUT2D eigenvalue weighted by Gasteiger charge is -2.27. The largest absolute Gasteiger partial charge is 0.304 e. The summed E-state index contributed by atoms with van der Waals surface area (Å²) in [6.45, 7) is 1.46. The van der Waals surface area contributed by atoms with Gasteiger partial charge < -0.3 is 4.90 Å². The third-order valence-corrected chi connectivity index (χ3v) is 4.99. The van der Waals surface area contributed by atoms with Crippen molar-refractivity contribution in [3.63, 3.8) is 0 Å². The van der Waals surface area contributed by atoms with Gasteiger partial charge in [-0.1, -0.05) is 36.4 Å². The molecule has 1 atom stereocenters. The summed E-state index contributed by atoms with van der Waals surface area (Å²) >= 11 is 0. The Morgan fingerprint density at radius 1 is 1.14 bits per heavy atom. The fourth-order valence-electron chi connectivity index (χ4n) is 2.72. The molecule has 0 aromatic heterocycles. The highest BCUT2D eigenvalue weighted by molar-refractivity contribution is 7.94. The minimum Gasteiger partial charge on any atom is -0.304 e. The van der Waals surface area contributed by atoms with E-state index in [1.54, 1.807) is 11.0 Å². The van der Waals surface area contributed by atoms with Crippen molar-refractivity contribution in [2.24, 2.45) is 0 Å². The topological polar surface area (TPSA) is 54.5 Å². The van der Waals surface area contributed by atoms with Crippen molar-refractivity contribution in [3.05, 3.63) is 53.9 Å². The molecule has 0 saturated carbocycles. The summed E-state index contributed by atoms with van der Waals surface area (Å²) in [5, 5.41) is 3.15.